The lowest BCUT2D eigenvalue weighted by atomic mass is 9.93. The lowest BCUT2D eigenvalue weighted by molar-refractivity contribution is 0.0684. The van der Waals surface area contributed by atoms with Crippen LogP contribution < -0.4 is 4.90 Å². The number of nitrogens with zero attached hydrogens (tertiary/aromatic N) is 5. The van der Waals surface area contributed by atoms with Crippen molar-refractivity contribution in [2.24, 2.45) is 11.8 Å². The number of carbonyl (C=O) groups is 1. The molecule has 2 fully saturated rings. The van der Waals surface area contributed by atoms with E-state index >= 15 is 0 Å². The molecule has 2 aliphatic heterocycles. The average Bonchev–Trinajstić information content (AvgIpc) is 3.45. The van der Waals surface area contributed by atoms with Crippen molar-refractivity contribution in [3.05, 3.63) is 42.4 Å². The highest BCUT2D eigenvalue weighted by Gasteiger charge is 2.25. The molecule has 0 unspecified atom stereocenters. The third-order valence-corrected chi connectivity index (χ3v) is 6.23. The molecular formula is C22H31N5O2. The number of rotatable bonds is 7. The molecule has 0 N–H and O–H groups in total. The zero-order valence-corrected chi connectivity index (χ0v) is 17.2. The third kappa shape index (κ3) is 4.96. The molecule has 2 aromatic rings. The van der Waals surface area contributed by atoms with Gasteiger partial charge in [-0.05, 0) is 49.8 Å². The molecule has 4 rings (SSSR count). The lowest BCUT2D eigenvalue weighted by Gasteiger charge is -2.32. The Bertz CT molecular complexity index is 769. The summed E-state index contributed by atoms with van der Waals surface area (Å²) >= 11 is 0. The molecule has 7 nitrogen and oxygen atoms in total. The van der Waals surface area contributed by atoms with Gasteiger partial charge in [-0.2, -0.15) is 5.10 Å². The van der Waals surface area contributed by atoms with Gasteiger partial charge in [0, 0.05) is 64.3 Å². The van der Waals surface area contributed by atoms with Crippen LogP contribution in [0.4, 0.5) is 5.82 Å². The van der Waals surface area contributed by atoms with E-state index < -0.39 is 0 Å². The Morgan fingerprint density at radius 3 is 2.69 bits per heavy atom. The first-order chi connectivity index (χ1) is 14.2. The first kappa shape index (κ1) is 19.9. The normalized spacial score (nSPS) is 20.4. The van der Waals surface area contributed by atoms with E-state index in [-0.39, 0.29) is 5.91 Å². The van der Waals surface area contributed by atoms with Crippen LogP contribution in [-0.2, 0) is 11.3 Å². The number of aromatic nitrogens is 3. The standard InChI is InChI=1S/C22H31N5O2/c1-29-17-19-7-13-26(16-19)21-4-3-20(15-23-21)22(28)25-11-5-18(6-12-25)8-14-27-10-2-9-24-27/h2-4,9-10,15,18-19H,5-8,11-14,16-17H2,1H3/t19-/m1/s1. The van der Waals surface area contributed by atoms with Crippen LogP contribution in [-0.4, -0.2) is 65.5 Å². The Balaban J connectivity index is 1.25. The Morgan fingerprint density at radius 1 is 1.17 bits per heavy atom. The molecule has 1 atom stereocenters. The number of methoxy groups -OCH3 is 1. The van der Waals surface area contributed by atoms with Crippen molar-refractivity contribution >= 4 is 11.7 Å². The van der Waals surface area contributed by atoms with E-state index in [1.807, 2.05) is 40.2 Å². The van der Waals surface area contributed by atoms with Gasteiger partial charge in [0.15, 0.2) is 0 Å². The van der Waals surface area contributed by atoms with Crippen LogP contribution in [0.5, 0.6) is 0 Å². The Morgan fingerprint density at radius 2 is 2.00 bits per heavy atom. The molecule has 156 valence electrons. The van der Waals surface area contributed by atoms with Crippen molar-refractivity contribution in [1.82, 2.24) is 19.7 Å². The second-order valence-electron chi connectivity index (χ2n) is 8.25. The van der Waals surface area contributed by atoms with Gasteiger partial charge >= 0.3 is 0 Å². The summed E-state index contributed by atoms with van der Waals surface area (Å²) in [5.74, 6) is 2.29. The zero-order chi connectivity index (χ0) is 20.1. The minimum Gasteiger partial charge on any atom is -0.384 e. The van der Waals surface area contributed by atoms with Crippen LogP contribution in [0.3, 0.4) is 0 Å². The predicted octanol–water partition coefficient (Wildman–Crippen LogP) is 2.69. The zero-order valence-electron chi connectivity index (χ0n) is 17.2. The SMILES string of the molecule is COC[C@@H]1CCN(c2ccc(C(=O)N3CCC(CCn4cccn4)CC3)cn2)C1. The molecule has 4 heterocycles. The molecule has 29 heavy (non-hydrogen) atoms. The van der Waals surface area contributed by atoms with E-state index in [4.69, 9.17) is 4.74 Å². The van der Waals surface area contributed by atoms with Gasteiger partial charge in [0.2, 0.25) is 0 Å². The Hall–Kier alpha value is -2.41. The predicted molar refractivity (Wildman–Crippen MR) is 112 cm³/mol. The summed E-state index contributed by atoms with van der Waals surface area (Å²) in [7, 11) is 1.75. The average molecular weight is 398 g/mol. The quantitative estimate of drug-likeness (QED) is 0.719. The molecule has 2 aromatic heterocycles. The van der Waals surface area contributed by atoms with Crippen molar-refractivity contribution < 1.29 is 9.53 Å². The number of hydrogen-bond acceptors (Lipinski definition) is 5. The molecule has 0 radical (unpaired) electrons. The maximum atomic E-state index is 12.9. The van der Waals surface area contributed by atoms with Crippen molar-refractivity contribution in [3.63, 3.8) is 0 Å². The van der Waals surface area contributed by atoms with Crippen molar-refractivity contribution in [2.45, 2.75) is 32.2 Å². The van der Waals surface area contributed by atoms with E-state index in [1.165, 1.54) is 0 Å². The van der Waals surface area contributed by atoms with Crippen LogP contribution in [0, 0.1) is 11.8 Å². The number of amides is 1. The summed E-state index contributed by atoms with van der Waals surface area (Å²) in [6.45, 7) is 5.38. The van der Waals surface area contributed by atoms with Gasteiger partial charge in [0.1, 0.15) is 5.82 Å². The van der Waals surface area contributed by atoms with Crippen molar-refractivity contribution in [2.75, 3.05) is 44.8 Å². The fourth-order valence-electron chi connectivity index (χ4n) is 4.47. The second kappa shape index (κ2) is 9.39. The number of aryl methyl sites for hydroxylation is 1. The van der Waals surface area contributed by atoms with Gasteiger partial charge in [-0.1, -0.05) is 0 Å². The highest BCUT2D eigenvalue weighted by molar-refractivity contribution is 5.94. The van der Waals surface area contributed by atoms with Crippen molar-refractivity contribution in [1.29, 1.82) is 0 Å². The van der Waals surface area contributed by atoms with Gasteiger partial charge in [0.25, 0.3) is 5.91 Å². The summed E-state index contributed by atoms with van der Waals surface area (Å²) in [5, 5.41) is 4.27. The molecule has 2 aliphatic rings. The third-order valence-electron chi connectivity index (χ3n) is 6.23. The second-order valence-corrected chi connectivity index (χ2v) is 8.25. The topological polar surface area (TPSA) is 63.5 Å². The highest BCUT2D eigenvalue weighted by Crippen LogP contribution is 2.24. The number of ether oxygens (including phenoxy) is 1. The van der Waals surface area contributed by atoms with E-state index in [0.717, 1.165) is 70.8 Å². The number of hydrogen-bond donors (Lipinski definition) is 0. The minimum atomic E-state index is 0.105. The fourth-order valence-corrected chi connectivity index (χ4v) is 4.47. The molecule has 0 aliphatic carbocycles. The fraction of sp³-hybridized carbons (Fsp3) is 0.591. The number of likely N-dealkylation sites (tertiary alicyclic amines) is 1. The van der Waals surface area contributed by atoms with Crippen LogP contribution in [0.2, 0.25) is 0 Å². The van der Waals surface area contributed by atoms with Crippen LogP contribution in [0.25, 0.3) is 0 Å². The van der Waals surface area contributed by atoms with Gasteiger partial charge in [0.05, 0.1) is 12.2 Å². The molecular weight excluding hydrogens is 366 g/mol. The van der Waals surface area contributed by atoms with Gasteiger partial charge in [-0.3, -0.25) is 9.48 Å². The number of piperidine rings is 1. The van der Waals surface area contributed by atoms with E-state index in [0.29, 0.717) is 17.4 Å². The van der Waals surface area contributed by atoms with E-state index in [2.05, 4.69) is 15.0 Å². The van der Waals surface area contributed by atoms with E-state index in [9.17, 15) is 4.79 Å². The number of carbonyl (C=O) groups excluding carboxylic acids is 1. The largest absolute Gasteiger partial charge is 0.384 e. The van der Waals surface area contributed by atoms with Crippen molar-refractivity contribution in [3.8, 4) is 0 Å². The Kier molecular flexibility index (Phi) is 6.44. The molecule has 0 spiro atoms. The monoisotopic (exact) mass is 397 g/mol. The van der Waals surface area contributed by atoms with Crippen LogP contribution >= 0.6 is 0 Å². The molecule has 7 heteroatoms. The molecule has 0 bridgehead atoms. The highest BCUT2D eigenvalue weighted by atomic mass is 16.5. The van der Waals surface area contributed by atoms with Gasteiger partial charge in [-0.25, -0.2) is 4.98 Å². The first-order valence-electron chi connectivity index (χ1n) is 10.7. The Labute approximate surface area is 172 Å². The number of pyridine rings is 1. The van der Waals surface area contributed by atoms with Gasteiger partial charge in [-0.15, -0.1) is 0 Å². The molecule has 0 aromatic carbocycles. The number of anilines is 1. The van der Waals surface area contributed by atoms with E-state index in [1.54, 1.807) is 13.3 Å². The van der Waals surface area contributed by atoms with Gasteiger partial charge < -0.3 is 14.5 Å². The summed E-state index contributed by atoms with van der Waals surface area (Å²) in [4.78, 5) is 21.7. The summed E-state index contributed by atoms with van der Waals surface area (Å²) in [6.07, 6.45) is 9.95. The first-order valence-corrected chi connectivity index (χ1v) is 10.7. The molecule has 0 saturated carbocycles. The maximum Gasteiger partial charge on any atom is 0.255 e. The summed E-state index contributed by atoms with van der Waals surface area (Å²) < 4.78 is 7.26. The summed E-state index contributed by atoms with van der Waals surface area (Å²) in [6, 6.07) is 5.87. The molecule has 1 amide bonds. The molecule has 2 saturated heterocycles. The summed E-state index contributed by atoms with van der Waals surface area (Å²) in [5.41, 5.74) is 0.691. The maximum absolute atomic E-state index is 12.9. The smallest absolute Gasteiger partial charge is 0.255 e. The van der Waals surface area contributed by atoms with Crippen LogP contribution in [0.15, 0.2) is 36.8 Å². The minimum absolute atomic E-state index is 0.105. The van der Waals surface area contributed by atoms with Crippen LogP contribution in [0.1, 0.15) is 36.0 Å². The lowest BCUT2D eigenvalue weighted by Crippen LogP contribution is -2.38.